The number of primary amides is 1. The summed E-state index contributed by atoms with van der Waals surface area (Å²) in [6, 6.07) is 32.1. The second kappa shape index (κ2) is 15.0. The average molecular weight is 595 g/mol. The summed E-state index contributed by atoms with van der Waals surface area (Å²) in [5, 5.41) is 19.4. The molecule has 11 nitrogen and oxygen atoms in total. The molecule has 44 heavy (non-hydrogen) atoms. The number of nitro groups is 1. The molecule has 0 heterocycles. The monoisotopic (exact) mass is 594 g/mol. The first-order chi connectivity index (χ1) is 21.2. The highest BCUT2D eigenvalue weighted by atomic mass is 16.7. The third-order valence-electron chi connectivity index (χ3n) is 7.13. The lowest BCUT2D eigenvalue weighted by Crippen LogP contribution is -2.49. The van der Waals surface area contributed by atoms with Crippen LogP contribution in [0.15, 0.2) is 114 Å². The second-order valence-electron chi connectivity index (χ2n) is 10.2. The van der Waals surface area contributed by atoms with Crippen molar-refractivity contribution in [1.82, 2.24) is 10.3 Å². The second-order valence-corrected chi connectivity index (χ2v) is 10.2. The summed E-state index contributed by atoms with van der Waals surface area (Å²) in [5.41, 5.74) is 17.4. The van der Waals surface area contributed by atoms with Crippen LogP contribution in [0.3, 0.4) is 0 Å². The summed E-state index contributed by atoms with van der Waals surface area (Å²) in [4.78, 5) is 43.5. The number of hydrogen-bond donors (Lipinski definition) is 4. The van der Waals surface area contributed by atoms with E-state index in [1.807, 2.05) is 97.1 Å². The zero-order valence-electron chi connectivity index (χ0n) is 24.0. The van der Waals surface area contributed by atoms with Gasteiger partial charge in [0.05, 0.1) is 5.92 Å². The quantitative estimate of drug-likeness (QED) is 0.0595. The number of nitrogens with one attached hydrogen (secondary N) is 1. The third kappa shape index (κ3) is 8.41. The van der Waals surface area contributed by atoms with Gasteiger partial charge in [0.1, 0.15) is 11.8 Å². The Kier molecular flexibility index (Phi) is 10.6. The van der Waals surface area contributed by atoms with E-state index in [4.69, 9.17) is 11.5 Å². The van der Waals surface area contributed by atoms with Gasteiger partial charge in [0, 0.05) is 13.1 Å². The minimum Gasteiger partial charge on any atom is -0.508 e. The molecule has 0 saturated carbocycles. The number of nitrogens with two attached hydrogens (primary N) is 2. The van der Waals surface area contributed by atoms with Crippen LogP contribution < -0.4 is 16.9 Å². The molecule has 11 heteroatoms. The van der Waals surface area contributed by atoms with Crippen LogP contribution in [-0.2, 0) is 16.1 Å². The average Bonchev–Trinajstić information content (AvgIpc) is 3.01. The van der Waals surface area contributed by atoms with Gasteiger partial charge < -0.3 is 21.5 Å². The van der Waals surface area contributed by atoms with Crippen LogP contribution in [0.4, 0.5) is 0 Å². The zero-order chi connectivity index (χ0) is 31.5. The van der Waals surface area contributed by atoms with Gasteiger partial charge in [-0.3, -0.25) is 9.59 Å². The van der Waals surface area contributed by atoms with E-state index in [1.165, 1.54) is 4.90 Å². The lowest BCUT2D eigenvalue weighted by atomic mass is 9.89. The van der Waals surface area contributed by atoms with Crippen molar-refractivity contribution in [2.24, 2.45) is 16.5 Å². The van der Waals surface area contributed by atoms with Crippen molar-refractivity contribution in [2.75, 3.05) is 6.54 Å². The van der Waals surface area contributed by atoms with E-state index in [9.17, 15) is 24.8 Å². The Labute approximate surface area is 255 Å². The number of carbonyl (C=O) groups is 2. The Bertz CT molecular complexity index is 1540. The summed E-state index contributed by atoms with van der Waals surface area (Å²) in [7, 11) is 0. The Morgan fingerprint density at radius 2 is 1.36 bits per heavy atom. The summed E-state index contributed by atoms with van der Waals surface area (Å²) in [5.74, 6) is -1.87. The molecule has 0 fully saturated rings. The Balaban J connectivity index is 1.67. The SMILES string of the molecule is NC(=O)[C@H](CCCN=C(N)N[N+](=O)[O-])N(Cc1ccc(-c2ccc(O)cc2)cc1)C(=O)C(c1ccccc1)c1ccccc1. The van der Waals surface area contributed by atoms with Crippen LogP contribution in [0.25, 0.3) is 11.1 Å². The molecule has 2 amide bonds. The van der Waals surface area contributed by atoms with Gasteiger partial charge in [0.2, 0.25) is 11.8 Å². The molecule has 0 aliphatic carbocycles. The van der Waals surface area contributed by atoms with Gasteiger partial charge in [-0.1, -0.05) is 102 Å². The summed E-state index contributed by atoms with van der Waals surface area (Å²) >= 11 is 0. The molecule has 226 valence electrons. The van der Waals surface area contributed by atoms with Gasteiger partial charge in [-0.05, 0) is 52.8 Å². The fourth-order valence-electron chi connectivity index (χ4n) is 4.99. The number of phenolic OH excluding ortho intramolecular Hbond substituents is 1. The molecular formula is C33H34N6O5. The highest BCUT2D eigenvalue weighted by Crippen LogP contribution is 2.30. The smallest absolute Gasteiger partial charge is 0.251 e. The first kappa shape index (κ1) is 31.2. The first-order valence-corrected chi connectivity index (χ1v) is 14.0. The highest BCUT2D eigenvalue weighted by Gasteiger charge is 2.34. The Morgan fingerprint density at radius 1 is 0.841 bits per heavy atom. The van der Waals surface area contributed by atoms with Gasteiger partial charge in [0.25, 0.3) is 5.96 Å². The number of benzene rings is 4. The Hall–Kier alpha value is -5.71. The summed E-state index contributed by atoms with van der Waals surface area (Å²) in [6.07, 6.45) is 0.455. The molecule has 0 radical (unpaired) electrons. The fourth-order valence-corrected chi connectivity index (χ4v) is 4.99. The van der Waals surface area contributed by atoms with Crippen LogP contribution in [0, 0.1) is 10.1 Å². The van der Waals surface area contributed by atoms with Crippen molar-refractivity contribution < 1.29 is 19.7 Å². The fraction of sp³-hybridized carbons (Fsp3) is 0.182. The van der Waals surface area contributed by atoms with Gasteiger partial charge in [-0.25, -0.2) is 15.1 Å². The number of rotatable bonds is 13. The minimum atomic E-state index is -0.992. The van der Waals surface area contributed by atoms with E-state index in [-0.39, 0.29) is 37.1 Å². The van der Waals surface area contributed by atoms with E-state index in [1.54, 1.807) is 17.6 Å². The van der Waals surface area contributed by atoms with Crippen molar-refractivity contribution in [3.8, 4) is 16.9 Å². The molecule has 0 spiro atoms. The standard InChI is InChI=1S/C33H34N6O5/c34-31(41)29(12-7-21-36-33(35)37-39(43)44)38(22-23-13-15-24(16-14-23)25-17-19-28(40)20-18-25)32(42)30(26-8-3-1-4-9-26)27-10-5-2-6-11-27/h1-6,8-11,13-20,29-30,40H,7,12,21-22H2,(H2,34,41)(H3,35,36,37)/t29-/m0/s1. The van der Waals surface area contributed by atoms with Crippen molar-refractivity contribution in [3.63, 3.8) is 0 Å². The molecule has 0 saturated heterocycles. The van der Waals surface area contributed by atoms with E-state index in [2.05, 4.69) is 4.99 Å². The normalized spacial score (nSPS) is 12.0. The summed E-state index contributed by atoms with van der Waals surface area (Å²) in [6.45, 7) is 0.188. The zero-order valence-corrected chi connectivity index (χ0v) is 24.0. The van der Waals surface area contributed by atoms with Crippen LogP contribution in [0.2, 0.25) is 0 Å². The number of nitrogens with zero attached hydrogens (tertiary/aromatic N) is 3. The van der Waals surface area contributed by atoms with Gasteiger partial charge in [0.15, 0.2) is 5.03 Å². The number of carbonyl (C=O) groups excluding carboxylic acids is 2. The van der Waals surface area contributed by atoms with Crippen LogP contribution >= 0.6 is 0 Å². The predicted molar refractivity (Wildman–Crippen MR) is 168 cm³/mol. The Morgan fingerprint density at radius 3 is 1.86 bits per heavy atom. The molecule has 6 N–H and O–H groups in total. The van der Waals surface area contributed by atoms with E-state index in [0.29, 0.717) is 6.42 Å². The molecular weight excluding hydrogens is 560 g/mol. The molecule has 0 aliphatic heterocycles. The van der Waals surface area contributed by atoms with Crippen LogP contribution in [-0.4, -0.2) is 45.4 Å². The van der Waals surface area contributed by atoms with Crippen molar-refractivity contribution in [2.45, 2.75) is 31.3 Å². The number of amides is 2. The lowest BCUT2D eigenvalue weighted by molar-refractivity contribution is -0.525. The molecule has 0 bridgehead atoms. The van der Waals surface area contributed by atoms with Crippen molar-refractivity contribution in [3.05, 3.63) is 136 Å². The third-order valence-corrected chi connectivity index (χ3v) is 7.13. The molecule has 0 aromatic heterocycles. The van der Waals surface area contributed by atoms with Crippen LogP contribution in [0.1, 0.15) is 35.4 Å². The number of aromatic hydroxyl groups is 1. The van der Waals surface area contributed by atoms with Crippen LogP contribution in [0.5, 0.6) is 5.75 Å². The van der Waals surface area contributed by atoms with Crippen molar-refractivity contribution in [1.29, 1.82) is 0 Å². The summed E-state index contributed by atoms with van der Waals surface area (Å²) < 4.78 is 0. The van der Waals surface area contributed by atoms with E-state index in [0.717, 1.165) is 27.8 Å². The van der Waals surface area contributed by atoms with E-state index >= 15 is 0 Å². The van der Waals surface area contributed by atoms with Gasteiger partial charge >= 0.3 is 0 Å². The number of hydrazine groups is 1. The number of aliphatic imine (C=N–C) groups is 1. The minimum absolute atomic E-state index is 0.0839. The van der Waals surface area contributed by atoms with E-state index < -0.39 is 22.9 Å². The van der Waals surface area contributed by atoms with Crippen molar-refractivity contribution >= 4 is 17.8 Å². The predicted octanol–water partition coefficient (Wildman–Crippen LogP) is 3.95. The number of phenols is 1. The maximum absolute atomic E-state index is 14.5. The largest absolute Gasteiger partial charge is 0.508 e. The molecule has 4 aromatic carbocycles. The maximum atomic E-state index is 14.5. The lowest BCUT2D eigenvalue weighted by Gasteiger charge is -2.33. The first-order valence-electron chi connectivity index (χ1n) is 14.0. The molecule has 1 atom stereocenters. The highest BCUT2D eigenvalue weighted by molar-refractivity contribution is 5.92. The van der Waals surface area contributed by atoms with Gasteiger partial charge in [-0.2, -0.15) is 0 Å². The molecule has 0 unspecified atom stereocenters. The molecule has 4 rings (SSSR count). The number of guanidine groups is 1. The molecule has 0 aliphatic rings. The molecule has 4 aromatic rings. The maximum Gasteiger partial charge on any atom is 0.251 e. The topological polar surface area (TPSA) is 177 Å². The van der Waals surface area contributed by atoms with Gasteiger partial charge in [-0.15, -0.1) is 0 Å². The number of hydrogen-bond acceptors (Lipinski definition) is 6.